The Morgan fingerprint density at radius 1 is 1.60 bits per heavy atom. The molecule has 1 atom stereocenters. The monoisotopic (exact) mass is 212 g/mol. The van der Waals surface area contributed by atoms with Crippen molar-refractivity contribution in [3.63, 3.8) is 0 Å². The van der Waals surface area contributed by atoms with Gasteiger partial charge >= 0.3 is 0 Å². The Kier molecular flexibility index (Phi) is 5.36. The molecule has 15 heavy (non-hydrogen) atoms. The van der Waals surface area contributed by atoms with E-state index in [0.29, 0.717) is 6.61 Å². The van der Waals surface area contributed by atoms with E-state index in [4.69, 9.17) is 4.74 Å². The van der Waals surface area contributed by atoms with Gasteiger partial charge in [0.1, 0.15) is 0 Å². The number of rotatable bonds is 7. The number of aryl methyl sites for hydroxylation is 1. The summed E-state index contributed by atoms with van der Waals surface area (Å²) in [7, 11) is 1.67. The second-order valence-corrected chi connectivity index (χ2v) is 3.69. The van der Waals surface area contributed by atoms with E-state index in [1.807, 2.05) is 10.9 Å². The third-order valence-corrected chi connectivity index (χ3v) is 2.32. The van der Waals surface area contributed by atoms with Gasteiger partial charge in [-0.15, -0.1) is 0 Å². The summed E-state index contributed by atoms with van der Waals surface area (Å²) in [6, 6.07) is 0. The van der Waals surface area contributed by atoms with Crippen LogP contribution in [0.2, 0.25) is 0 Å². The van der Waals surface area contributed by atoms with Gasteiger partial charge in [0.2, 0.25) is 0 Å². The smallest absolute Gasteiger partial charge is 0.0821 e. The van der Waals surface area contributed by atoms with Gasteiger partial charge in [-0.2, -0.15) is 5.10 Å². The van der Waals surface area contributed by atoms with Gasteiger partial charge in [-0.05, 0) is 19.3 Å². The molecule has 0 bridgehead atoms. The summed E-state index contributed by atoms with van der Waals surface area (Å²) >= 11 is 0. The fourth-order valence-corrected chi connectivity index (χ4v) is 1.49. The SMILES string of the molecule is CCCn1cc(C(O)CCCOC)cn1. The summed E-state index contributed by atoms with van der Waals surface area (Å²) in [5.74, 6) is 0. The minimum Gasteiger partial charge on any atom is -0.388 e. The predicted octanol–water partition coefficient (Wildman–Crippen LogP) is 1.75. The number of aliphatic hydroxyl groups excluding tert-OH is 1. The van der Waals surface area contributed by atoms with Crippen molar-refractivity contribution in [2.45, 2.75) is 38.8 Å². The highest BCUT2D eigenvalue weighted by Crippen LogP contribution is 2.17. The highest BCUT2D eigenvalue weighted by Gasteiger charge is 2.09. The van der Waals surface area contributed by atoms with Crippen LogP contribution < -0.4 is 0 Å². The first-order chi connectivity index (χ1) is 7.27. The quantitative estimate of drug-likeness (QED) is 0.700. The lowest BCUT2D eigenvalue weighted by Crippen LogP contribution is -1.99. The molecule has 1 aromatic rings. The molecule has 4 nitrogen and oxygen atoms in total. The van der Waals surface area contributed by atoms with Gasteiger partial charge in [0.15, 0.2) is 0 Å². The molecule has 86 valence electrons. The van der Waals surface area contributed by atoms with Crippen molar-refractivity contribution in [3.05, 3.63) is 18.0 Å². The zero-order chi connectivity index (χ0) is 11.1. The lowest BCUT2D eigenvalue weighted by molar-refractivity contribution is 0.136. The normalized spacial score (nSPS) is 13.0. The molecule has 0 saturated carbocycles. The fraction of sp³-hybridized carbons (Fsp3) is 0.727. The molecule has 0 aliphatic carbocycles. The van der Waals surface area contributed by atoms with Crippen molar-refractivity contribution in [3.8, 4) is 0 Å². The number of ether oxygens (including phenoxy) is 1. The van der Waals surface area contributed by atoms with Crippen LogP contribution in [0.25, 0.3) is 0 Å². The minimum atomic E-state index is -0.411. The summed E-state index contributed by atoms with van der Waals surface area (Å²) < 4.78 is 6.81. The summed E-state index contributed by atoms with van der Waals surface area (Å²) in [6.07, 6.45) is 5.91. The molecule has 0 saturated heterocycles. The van der Waals surface area contributed by atoms with E-state index in [9.17, 15) is 5.11 Å². The van der Waals surface area contributed by atoms with E-state index in [1.165, 1.54) is 0 Å². The Hall–Kier alpha value is -0.870. The van der Waals surface area contributed by atoms with Crippen LogP contribution in [0.4, 0.5) is 0 Å². The molecular weight excluding hydrogens is 192 g/mol. The van der Waals surface area contributed by atoms with Crippen LogP contribution in [-0.2, 0) is 11.3 Å². The van der Waals surface area contributed by atoms with Gasteiger partial charge in [-0.3, -0.25) is 4.68 Å². The van der Waals surface area contributed by atoms with Crippen LogP contribution >= 0.6 is 0 Å². The fourth-order valence-electron chi connectivity index (χ4n) is 1.49. The Balaban J connectivity index is 2.39. The number of methoxy groups -OCH3 is 1. The zero-order valence-electron chi connectivity index (χ0n) is 9.52. The number of nitrogens with zero attached hydrogens (tertiary/aromatic N) is 2. The summed E-state index contributed by atoms with van der Waals surface area (Å²) in [6.45, 7) is 3.71. The van der Waals surface area contributed by atoms with Crippen LogP contribution in [-0.4, -0.2) is 28.6 Å². The minimum absolute atomic E-state index is 0.411. The van der Waals surface area contributed by atoms with E-state index in [0.717, 1.165) is 31.4 Å². The molecular formula is C11H20N2O2. The molecule has 4 heteroatoms. The van der Waals surface area contributed by atoms with Gasteiger partial charge < -0.3 is 9.84 Å². The summed E-state index contributed by atoms with van der Waals surface area (Å²) in [5, 5.41) is 14.0. The third kappa shape index (κ3) is 4.01. The first-order valence-electron chi connectivity index (χ1n) is 5.47. The maximum absolute atomic E-state index is 9.82. The lowest BCUT2D eigenvalue weighted by Gasteiger charge is -2.07. The number of aromatic nitrogens is 2. The van der Waals surface area contributed by atoms with Gasteiger partial charge in [0.05, 0.1) is 12.3 Å². The molecule has 1 N–H and O–H groups in total. The standard InChI is InChI=1S/C11H20N2O2/c1-3-6-13-9-10(8-12-13)11(14)5-4-7-15-2/h8-9,11,14H,3-7H2,1-2H3. The van der Waals surface area contributed by atoms with Crippen molar-refractivity contribution in [2.24, 2.45) is 0 Å². The molecule has 0 amide bonds. The van der Waals surface area contributed by atoms with Gasteiger partial charge in [0.25, 0.3) is 0 Å². The van der Waals surface area contributed by atoms with E-state index >= 15 is 0 Å². The Morgan fingerprint density at radius 2 is 2.40 bits per heavy atom. The molecule has 1 aromatic heterocycles. The van der Waals surface area contributed by atoms with E-state index in [1.54, 1.807) is 13.3 Å². The highest BCUT2D eigenvalue weighted by molar-refractivity contribution is 5.07. The van der Waals surface area contributed by atoms with E-state index in [2.05, 4.69) is 12.0 Å². The van der Waals surface area contributed by atoms with Crippen LogP contribution in [0.3, 0.4) is 0 Å². The summed E-state index contributed by atoms with van der Waals surface area (Å²) in [4.78, 5) is 0. The summed E-state index contributed by atoms with van der Waals surface area (Å²) in [5.41, 5.74) is 0.902. The zero-order valence-corrected chi connectivity index (χ0v) is 9.52. The average Bonchev–Trinajstić information content (AvgIpc) is 2.67. The Labute approximate surface area is 90.9 Å². The molecule has 1 unspecified atom stereocenters. The van der Waals surface area contributed by atoms with Crippen molar-refractivity contribution < 1.29 is 9.84 Å². The van der Waals surface area contributed by atoms with Crippen molar-refractivity contribution in [1.29, 1.82) is 0 Å². The first kappa shape index (κ1) is 12.2. The predicted molar refractivity (Wildman–Crippen MR) is 58.6 cm³/mol. The molecule has 1 heterocycles. The molecule has 1 rings (SSSR count). The van der Waals surface area contributed by atoms with Gasteiger partial charge in [-0.25, -0.2) is 0 Å². The van der Waals surface area contributed by atoms with Gasteiger partial charge in [0, 0.05) is 32.0 Å². The largest absolute Gasteiger partial charge is 0.388 e. The van der Waals surface area contributed by atoms with Crippen molar-refractivity contribution in [1.82, 2.24) is 9.78 Å². The topological polar surface area (TPSA) is 47.3 Å². The van der Waals surface area contributed by atoms with E-state index < -0.39 is 6.10 Å². The Morgan fingerprint density at radius 3 is 3.07 bits per heavy atom. The van der Waals surface area contributed by atoms with Crippen molar-refractivity contribution >= 4 is 0 Å². The van der Waals surface area contributed by atoms with Crippen LogP contribution in [0.15, 0.2) is 12.4 Å². The highest BCUT2D eigenvalue weighted by atomic mass is 16.5. The second kappa shape index (κ2) is 6.58. The molecule has 0 aliphatic rings. The second-order valence-electron chi connectivity index (χ2n) is 3.69. The van der Waals surface area contributed by atoms with Crippen molar-refractivity contribution in [2.75, 3.05) is 13.7 Å². The molecule has 0 radical (unpaired) electrons. The molecule has 0 fully saturated rings. The van der Waals surface area contributed by atoms with Gasteiger partial charge in [-0.1, -0.05) is 6.92 Å². The third-order valence-electron chi connectivity index (χ3n) is 2.32. The van der Waals surface area contributed by atoms with Crippen LogP contribution in [0, 0.1) is 0 Å². The van der Waals surface area contributed by atoms with E-state index in [-0.39, 0.29) is 0 Å². The lowest BCUT2D eigenvalue weighted by atomic mass is 10.1. The first-order valence-corrected chi connectivity index (χ1v) is 5.47. The molecule has 0 aromatic carbocycles. The average molecular weight is 212 g/mol. The maximum Gasteiger partial charge on any atom is 0.0821 e. The number of hydrogen-bond donors (Lipinski definition) is 1. The van der Waals surface area contributed by atoms with Crippen LogP contribution in [0.1, 0.15) is 37.9 Å². The molecule has 0 aliphatic heterocycles. The number of aliphatic hydroxyl groups is 1. The Bertz CT molecular complexity index is 273. The number of hydrogen-bond acceptors (Lipinski definition) is 3. The van der Waals surface area contributed by atoms with Crippen LogP contribution in [0.5, 0.6) is 0 Å². The molecule has 0 spiro atoms. The maximum atomic E-state index is 9.82.